The Bertz CT molecular complexity index is 97.5. The van der Waals surface area contributed by atoms with Gasteiger partial charge in [-0.1, -0.05) is 13.1 Å². The molecule has 1 aliphatic rings. The topological polar surface area (TPSA) is 6.48 Å². The van der Waals surface area contributed by atoms with Crippen LogP contribution < -0.4 is 0 Å². The molecular formula is C8H18BN2. The van der Waals surface area contributed by atoms with E-state index in [4.69, 9.17) is 0 Å². The minimum absolute atomic E-state index is 1.24. The second-order valence-corrected chi connectivity index (χ2v) is 3.34. The SMILES string of the molecule is C[B]CCN1CCN(C)CC1. The molecule has 2 nitrogen and oxygen atoms in total. The Kier molecular flexibility index (Phi) is 3.94. The van der Waals surface area contributed by atoms with Crippen molar-refractivity contribution in [3.05, 3.63) is 0 Å². The van der Waals surface area contributed by atoms with Crippen molar-refractivity contribution in [3.63, 3.8) is 0 Å². The molecule has 1 rings (SSSR count). The lowest BCUT2D eigenvalue weighted by atomic mass is 9.78. The Balaban J connectivity index is 2.07. The summed E-state index contributed by atoms with van der Waals surface area (Å²) in [6.07, 6.45) is 1.24. The van der Waals surface area contributed by atoms with Gasteiger partial charge in [0, 0.05) is 26.2 Å². The highest BCUT2D eigenvalue weighted by Crippen LogP contribution is 1.99. The van der Waals surface area contributed by atoms with Gasteiger partial charge in [0.2, 0.25) is 0 Å². The standard InChI is InChI=1S/C8H18BN2/c1-9-3-4-11-7-5-10(2)6-8-11/h3-8H2,1-2H3. The van der Waals surface area contributed by atoms with E-state index in [0.717, 1.165) is 0 Å². The van der Waals surface area contributed by atoms with Gasteiger partial charge in [-0.15, -0.1) is 0 Å². The molecule has 0 spiro atoms. The third-order valence-electron chi connectivity index (χ3n) is 2.33. The lowest BCUT2D eigenvalue weighted by molar-refractivity contribution is 0.160. The van der Waals surface area contributed by atoms with Gasteiger partial charge in [0.25, 0.3) is 0 Å². The summed E-state index contributed by atoms with van der Waals surface area (Å²) < 4.78 is 0. The second-order valence-electron chi connectivity index (χ2n) is 3.34. The zero-order chi connectivity index (χ0) is 8.10. The van der Waals surface area contributed by atoms with E-state index in [2.05, 4.69) is 31.0 Å². The first-order valence-electron chi connectivity index (χ1n) is 4.51. The Hall–Kier alpha value is -0.0151. The molecule has 0 aromatic carbocycles. The summed E-state index contributed by atoms with van der Waals surface area (Å²) in [4.78, 5) is 4.94. The normalized spacial score (nSPS) is 22.0. The fourth-order valence-corrected chi connectivity index (χ4v) is 1.38. The molecule has 63 valence electrons. The Morgan fingerprint density at radius 3 is 2.36 bits per heavy atom. The van der Waals surface area contributed by atoms with Gasteiger partial charge >= 0.3 is 0 Å². The van der Waals surface area contributed by atoms with Crippen LogP contribution in [-0.4, -0.2) is 56.9 Å². The minimum Gasteiger partial charge on any atom is -0.304 e. The molecule has 0 atom stereocenters. The fraction of sp³-hybridized carbons (Fsp3) is 1.00. The molecular weight excluding hydrogens is 135 g/mol. The van der Waals surface area contributed by atoms with E-state index in [9.17, 15) is 0 Å². The summed E-state index contributed by atoms with van der Waals surface area (Å²) in [6, 6.07) is 0. The van der Waals surface area contributed by atoms with Crippen LogP contribution >= 0.6 is 0 Å². The molecule has 0 aliphatic carbocycles. The molecule has 0 N–H and O–H groups in total. The Morgan fingerprint density at radius 2 is 1.82 bits per heavy atom. The van der Waals surface area contributed by atoms with Crippen LogP contribution in [0.3, 0.4) is 0 Å². The zero-order valence-corrected chi connectivity index (χ0v) is 7.71. The number of likely N-dealkylation sites (N-methyl/N-ethyl adjacent to an activating group) is 1. The van der Waals surface area contributed by atoms with Gasteiger partial charge in [0.05, 0.1) is 0 Å². The molecule has 0 unspecified atom stereocenters. The van der Waals surface area contributed by atoms with Gasteiger partial charge in [-0.05, 0) is 13.6 Å². The van der Waals surface area contributed by atoms with Crippen molar-refractivity contribution in [1.29, 1.82) is 0 Å². The summed E-state index contributed by atoms with van der Waals surface area (Å²) in [5, 5.41) is 0. The van der Waals surface area contributed by atoms with E-state index in [1.165, 1.54) is 39.0 Å². The van der Waals surface area contributed by atoms with Crippen LogP contribution in [0.2, 0.25) is 13.1 Å². The van der Waals surface area contributed by atoms with E-state index in [1.807, 2.05) is 0 Å². The highest BCUT2D eigenvalue weighted by molar-refractivity contribution is 6.33. The summed E-state index contributed by atoms with van der Waals surface area (Å²) in [5.41, 5.74) is 0. The van der Waals surface area contributed by atoms with E-state index in [1.54, 1.807) is 0 Å². The molecule has 0 aromatic rings. The van der Waals surface area contributed by atoms with Crippen LogP contribution in [0.15, 0.2) is 0 Å². The molecule has 0 aromatic heterocycles. The second kappa shape index (κ2) is 4.78. The highest BCUT2D eigenvalue weighted by Gasteiger charge is 2.11. The quantitative estimate of drug-likeness (QED) is 0.541. The van der Waals surface area contributed by atoms with Crippen LogP contribution in [-0.2, 0) is 0 Å². The molecule has 1 fully saturated rings. The molecule has 1 aliphatic heterocycles. The maximum absolute atomic E-state index is 2.54. The van der Waals surface area contributed by atoms with E-state index < -0.39 is 0 Å². The average Bonchev–Trinajstić information content (AvgIpc) is 2.04. The first-order valence-corrected chi connectivity index (χ1v) is 4.51. The molecule has 3 heteroatoms. The lowest BCUT2D eigenvalue weighted by Gasteiger charge is -2.32. The number of rotatable bonds is 3. The van der Waals surface area contributed by atoms with Crippen molar-refractivity contribution in [2.45, 2.75) is 13.1 Å². The van der Waals surface area contributed by atoms with Crippen molar-refractivity contribution in [2.24, 2.45) is 0 Å². The molecule has 0 amide bonds. The Morgan fingerprint density at radius 1 is 1.18 bits per heavy atom. The lowest BCUT2D eigenvalue weighted by Crippen LogP contribution is -2.44. The summed E-state index contributed by atoms with van der Waals surface area (Å²) in [6.45, 7) is 8.38. The first-order chi connectivity index (χ1) is 5.33. The predicted molar refractivity (Wildman–Crippen MR) is 50.4 cm³/mol. The number of hydrogen-bond acceptors (Lipinski definition) is 2. The van der Waals surface area contributed by atoms with Crippen LogP contribution in [0.4, 0.5) is 0 Å². The van der Waals surface area contributed by atoms with Crippen molar-refractivity contribution in [3.8, 4) is 0 Å². The van der Waals surface area contributed by atoms with Gasteiger partial charge in [0.1, 0.15) is 7.28 Å². The fourth-order valence-electron chi connectivity index (χ4n) is 1.38. The molecule has 1 heterocycles. The molecule has 1 saturated heterocycles. The van der Waals surface area contributed by atoms with Crippen LogP contribution in [0, 0.1) is 0 Å². The van der Waals surface area contributed by atoms with E-state index >= 15 is 0 Å². The van der Waals surface area contributed by atoms with Gasteiger partial charge in [-0.25, -0.2) is 0 Å². The smallest absolute Gasteiger partial charge is 0.107 e. The Labute approximate surface area is 70.8 Å². The van der Waals surface area contributed by atoms with Crippen molar-refractivity contribution >= 4 is 7.28 Å². The minimum atomic E-state index is 1.24. The predicted octanol–water partition coefficient (Wildman–Crippen LogP) is 0.404. The van der Waals surface area contributed by atoms with Crippen molar-refractivity contribution in [1.82, 2.24) is 9.80 Å². The number of hydrogen-bond donors (Lipinski definition) is 0. The first kappa shape index (κ1) is 9.08. The van der Waals surface area contributed by atoms with Gasteiger partial charge in [-0.3, -0.25) is 0 Å². The maximum atomic E-state index is 2.54. The maximum Gasteiger partial charge on any atom is 0.107 e. The van der Waals surface area contributed by atoms with Crippen molar-refractivity contribution < 1.29 is 0 Å². The zero-order valence-electron chi connectivity index (χ0n) is 7.71. The van der Waals surface area contributed by atoms with E-state index in [0.29, 0.717) is 0 Å². The largest absolute Gasteiger partial charge is 0.304 e. The number of piperazine rings is 1. The van der Waals surface area contributed by atoms with Gasteiger partial charge in [-0.2, -0.15) is 0 Å². The molecule has 0 saturated carbocycles. The van der Waals surface area contributed by atoms with Crippen molar-refractivity contribution in [2.75, 3.05) is 39.8 Å². The molecule has 0 bridgehead atoms. The summed E-state index contributed by atoms with van der Waals surface area (Å²) >= 11 is 0. The van der Waals surface area contributed by atoms with Gasteiger partial charge in [0.15, 0.2) is 0 Å². The average molecular weight is 153 g/mol. The third-order valence-corrected chi connectivity index (χ3v) is 2.33. The van der Waals surface area contributed by atoms with E-state index in [-0.39, 0.29) is 0 Å². The highest BCUT2D eigenvalue weighted by atomic mass is 15.2. The van der Waals surface area contributed by atoms with Crippen LogP contribution in [0.5, 0.6) is 0 Å². The van der Waals surface area contributed by atoms with Gasteiger partial charge < -0.3 is 9.80 Å². The summed E-state index contributed by atoms with van der Waals surface area (Å²) in [5.74, 6) is 0. The molecule has 11 heavy (non-hydrogen) atoms. The summed E-state index contributed by atoms with van der Waals surface area (Å²) in [7, 11) is 4.45. The third kappa shape index (κ3) is 3.26. The molecule has 1 radical (unpaired) electrons. The van der Waals surface area contributed by atoms with Crippen LogP contribution in [0.25, 0.3) is 0 Å². The van der Waals surface area contributed by atoms with Crippen LogP contribution in [0.1, 0.15) is 0 Å². The monoisotopic (exact) mass is 153 g/mol. The number of nitrogens with zero attached hydrogens (tertiary/aromatic N) is 2.